The summed E-state index contributed by atoms with van der Waals surface area (Å²) in [6.45, 7) is -0.271. The van der Waals surface area contributed by atoms with Crippen molar-refractivity contribution in [1.82, 2.24) is 4.98 Å². The summed E-state index contributed by atoms with van der Waals surface area (Å²) < 4.78 is 13.5. The van der Waals surface area contributed by atoms with Crippen LogP contribution in [0.1, 0.15) is 11.1 Å². The molecule has 0 spiro atoms. The fourth-order valence-electron chi connectivity index (χ4n) is 1.48. The Kier molecular flexibility index (Phi) is 4.96. The van der Waals surface area contributed by atoms with Gasteiger partial charge in [0.25, 0.3) is 0 Å². The van der Waals surface area contributed by atoms with Gasteiger partial charge in [-0.15, -0.1) is 11.8 Å². The first kappa shape index (κ1) is 13.6. The molecule has 0 aliphatic heterocycles. The van der Waals surface area contributed by atoms with Gasteiger partial charge in [0.05, 0.1) is 10.6 Å². The van der Waals surface area contributed by atoms with Crippen LogP contribution in [0.25, 0.3) is 0 Å². The first-order chi connectivity index (χ1) is 9.29. The lowest BCUT2D eigenvalue weighted by molar-refractivity contribution is 0.350. The number of aliphatic hydroxyl groups is 1. The Bertz CT molecular complexity index is 605. The summed E-state index contributed by atoms with van der Waals surface area (Å²) in [6, 6.07) is 10.6. The maximum Gasteiger partial charge on any atom is 0.138 e. The number of hydrogen-bond donors (Lipinski definition) is 1. The average Bonchev–Trinajstić information content (AvgIpc) is 2.46. The number of aromatic nitrogens is 1. The zero-order chi connectivity index (χ0) is 13.5. The normalized spacial score (nSPS) is 9.79. The lowest BCUT2D eigenvalue weighted by Gasteiger charge is -2.03. The van der Waals surface area contributed by atoms with Gasteiger partial charge in [-0.2, -0.15) is 0 Å². The molecule has 1 aromatic heterocycles. The highest BCUT2D eigenvalue weighted by molar-refractivity contribution is 7.98. The van der Waals surface area contributed by atoms with Gasteiger partial charge in [0.2, 0.25) is 0 Å². The predicted octanol–water partition coefficient (Wildman–Crippen LogP) is 2.86. The molecule has 1 heterocycles. The van der Waals surface area contributed by atoms with Crippen LogP contribution in [0.3, 0.4) is 0 Å². The molecule has 96 valence electrons. The van der Waals surface area contributed by atoms with Crippen molar-refractivity contribution in [3.8, 4) is 11.8 Å². The van der Waals surface area contributed by atoms with E-state index in [0.717, 1.165) is 10.6 Å². The minimum atomic E-state index is -0.368. The zero-order valence-electron chi connectivity index (χ0n) is 10.1. The Labute approximate surface area is 115 Å². The van der Waals surface area contributed by atoms with Gasteiger partial charge in [-0.3, -0.25) is 0 Å². The van der Waals surface area contributed by atoms with Crippen LogP contribution in [0, 0.1) is 17.7 Å². The molecule has 0 saturated heterocycles. The highest BCUT2D eigenvalue weighted by Crippen LogP contribution is 2.21. The molecule has 0 unspecified atom stereocenters. The fraction of sp³-hybridized carbons (Fsp3) is 0.133. The molecule has 4 heteroatoms. The van der Waals surface area contributed by atoms with Crippen molar-refractivity contribution in [2.75, 3.05) is 6.61 Å². The number of nitrogens with zero attached hydrogens (tertiary/aromatic N) is 1. The van der Waals surface area contributed by atoms with Crippen molar-refractivity contribution in [2.24, 2.45) is 0 Å². The molecule has 0 radical (unpaired) electrons. The summed E-state index contributed by atoms with van der Waals surface area (Å²) in [6.07, 6.45) is 1.74. The van der Waals surface area contributed by atoms with Gasteiger partial charge in [-0.25, -0.2) is 9.37 Å². The Morgan fingerprint density at radius 2 is 2.16 bits per heavy atom. The van der Waals surface area contributed by atoms with Crippen molar-refractivity contribution in [3.05, 3.63) is 59.5 Å². The summed E-state index contributed by atoms with van der Waals surface area (Å²) >= 11 is 1.58. The van der Waals surface area contributed by atoms with E-state index in [1.54, 1.807) is 30.1 Å². The Morgan fingerprint density at radius 3 is 2.89 bits per heavy atom. The molecule has 2 rings (SSSR count). The van der Waals surface area contributed by atoms with Gasteiger partial charge in [0.1, 0.15) is 12.4 Å². The van der Waals surface area contributed by atoms with Crippen LogP contribution in [0.4, 0.5) is 4.39 Å². The van der Waals surface area contributed by atoms with E-state index in [1.807, 2.05) is 18.2 Å². The molecule has 0 saturated carbocycles. The van der Waals surface area contributed by atoms with Gasteiger partial charge in [-0.1, -0.05) is 24.0 Å². The molecule has 2 nitrogen and oxygen atoms in total. The SMILES string of the molecule is OCC#Cc1cc(CSc2ccccn2)ccc1F. The number of pyridine rings is 1. The summed E-state index contributed by atoms with van der Waals surface area (Å²) in [5, 5.41) is 9.56. The molecule has 0 aliphatic rings. The maximum absolute atomic E-state index is 13.5. The minimum absolute atomic E-state index is 0.271. The smallest absolute Gasteiger partial charge is 0.138 e. The molecule has 0 atom stereocenters. The molecule has 2 aromatic rings. The van der Waals surface area contributed by atoms with E-state index in [-0.39, 0.29) is 12.4 Å². The molecular formula is C15H12FNOS. The first-order valence-electron chi connectivity index (χ1n) is 5.71. The lowest BCUT2D eigenvalue weighted by Crippen LogP contribution is -1.89. The second kappa shape index (κ2) is 6.93. The number of benzene rings is 1. The van der Waals surface area contributed by atoms with Crippen molar-refractivity contribution >= 4 is 11.8 Å². The summed E-state index contributed by atoms with van der Waals surface area (Å²) in [4.78, 5) is 4.21. The van der Waals surface area contributed by atoms with Gasteiger partial charge < -0.3 is 5.11 Å². The van der Waals surface area contributed by atoms with E-state index in [0.29, 0.717) is 11.3 Å². The van der Waals surface area contributed by atoms with E-state index in [2.05, 4.69) is 16.8 Å². The van der Waals surface area contributed by atoms with Crippen LogP contribution in [-0.4, -0.2) is 16.7 Å². The van der Waals surface area contributed by atoms with E-state index >= 15 is 0 Å². The fourth-order valence-corrected chi connectivity index (χ4v) is 2.29. The van der Waals surface area contributed by atoms with E-state index in [4.69, 9.17) is 5.11 Å². The Balaban J connectivity index is 2.09. The summed E-state index contributed by atoms with van der Waals surface area (Å²) in [7, 11) is 0. The summed E-state index contributed by atoms with van der Waals surface area (Å²) in [5.41, 5.74) is 1.28. The van der Waals surface area contributed by atoms with Gasteiger partial charge in [0, 0.05) is 11.9 Å². The monoisotopic (exact) mass is 273 g/mol. The number of aliphatic hydroxyl groups excluding tert-OH is 1. The van der Waals surface area contributed by atoms with Crippen molar-refractivity contribution in [1.29, 1.82) is 0 Å². The molecule has 1 aromatic carbocycles. The van der Waals surface area contributed by atoms with Gasteiger partial charge in [-0.05, 0) is 29.8 Å². The van der Waals surface area contributed by atoms with Crippen molar-refractivity contribution < 1.29 is 9.50 Å². The second-order valence-electron chi connectivity index (χ2n) is 3.73. The largest absolute Gasteiger partial charge is 0.384 e. The average molecular weight is 273 g/mol. The van der Waals surface area contributed by atoms with Crippen LogP contribution < -0.4 is 0 Å². The number of thioether (sulfide) groups is 1. The molecule has 0 bridgehead atoms. The predicted molar refractivity (Wildman–Crippen MR) is 74.2 cm³/mol. The van der Waals surface area contributed by atoms with E-state index < -0.39 is 0 Å². The second-order valence-corrected chi connectivity index (χ2v) is 4.73. The van der Waals surface area contributed by atoms with Crippen molar-refractivity contribution in [2.45, 2.75) is 10.8 Å². The number of halogens is 1. The zero-order valence-corrected chi connectivity index (χ0v) is 11.0. The quantitative estimate of drug-likeness (QED) is 0.689. The standard InChI is InChI=1S/C15H12FNOS/c16-14-7-6-12(10-13(14)4-3-9-18)11-19-15-5-1-2-8-17-15/h1-2,5-8,10,18H,9,11H2. The van der Waals surface area contributed by atoms with Gasteiger partial charge >= 0.3 is 0 Å². The van der Waals surface area contributed by atoms with Crippen LogP contribution in [0.2, 0.25) is 0 Å². The Morgan fingerprint density at radius 1 is 1.26 bits per heavy atom. The van der Waals surface area contributed by atoms with Gasteiger partial charge in [0.15, 0.2) is 0 Å². The van der Waals surface area contributed by atoms with Crippen LogP contribution in [0.5, 0.6) is 0 Å². The van der Waals surface area contributed by atoms with Crippen molar-refractivity contribution in [3.63, 3.8) is 0 Å². The highest BCUT2D eigenvalue weighted by Gasteiger charge is 2.02. The molecule has 19 heavy (non-hydrogen) atoms. The van der Waals surface area contributed by atoms with Crippen LogP contribution >= 0.6 is 11.8 Å². The summed E-state index contributed by atoms with van der Waals surface area (Å²) in [5.74, 6) is 5.39. The van der Waals surface area contributed by atoms with E-state index in [9.17, 15) is 4.39 Å². The number of rotatable bonds is 3. The molecule has 0 fully saturated rings. The number of hydrogen-bond acceptors (Lipinski definition) is 3. The third-order valence-corrected chi connectivity index (χ3v) is 3.37. The topological polar surface area (TPSA) is 33.1 Å². The highest BCUT2D eigenvalue weighted by atomic mass is 32.2. The molecule has 0 amide bonds. The molecule has 0 aliphatic carbocycles. The lowest BCUT2D eigenvalue weighted by atomic mass is 10.1. The first-order valence-corrected chi connectivity index (χ1v) is 6.70. The molecular weight excluding hydrogens is 261 g/mol. The minimum Gasteiger partial charge on any atom is -0.384 e. The third-order valence-electron chi connectivity index (χ3n) is 2.36. The van der Waals surface area contributed by atoms with E-state index in [1.165, 1.54) is 6.07 Å². The van der Waals surface area contributed by atoms with Crippen LogP contribution in [-0.2, 0) is 5.75 Å². The third kappa shape index (κ3) is 4.09. The Hall–Kier alpha value is -1.83. The van der Waals surface area contributed by atoms with Crippen LogP contribution in [0.15, 0.2) is 47.6 Å². The maximum atomic E-state index is 13.5. The molecule has 1 N–H and O–H groups in total.